The third kappa shape index (κ3) is 1.99. The van der Waals surface area contributed by atoms with Crippen molar-refractivity contribution in [1.82, 2.24) is 5.16 Å². The van der Waals surface area contributed by atoms with Crippen molar-refractivity contribution in [2.45, 2.75) is 51.4 Å². The van der Waals surface area contributed by atoms with Crippen LogP contribution in [-0.4, -0.2) is 11.8 Å². The second-order valence-electron chi connectivity index (χ2n) is 5.35. The summed E-state index contributed by atoms with van der Waals surface area (Å²) in [6.07, 6.45) is 6.58. The minimum absolute atomic E-state index is 0.407. The molecule has 1 aliphatic heterocycles. The molecule has 0 bridgehead atoms. The molecule has 0 atom stereocenters. The summed E-state index contributed by atoms with van der Waals surface area (Å²) in [6.45, 7) is 5.18. The van der Waals surface area contributed by atoms with Gasteiger partial charge < -0.3 is 9.26 Å². The Hall–Kier alpha value is -1.25. The maximum absolute atomic E-state index is 5.59. The normalized spacial score (nSPS) is 20.3. The Bertz CT molecular complexity index is 422. The third-order valence-corrected chi connectivity index (χ3v) is 3.49. The first-order valence-electron chi connectivity index (χ1n) is 6.58. The standard InChI is InChI=1S/C14H19NO2/c1-9(2)13-12(11-4-3-7-16-8-11)14(17-15-13)10-5-6-10/h8-10H,3-7H2,1-2H3. The molecule has 17 heavy (non-hydrogen) atoms. The van der Waals surface area contributed by atoms with Gasteiger partial charge in [0.25, 0.3) is 0 Å². The number of hydrogen-bond donors (Lipinski definition) is 0. The maximum atomic E-state index is 5.59. The Balaban J connectivity index is 2.04. The smallest absolute Gasteiger partial charge is 0.147 e. The van der Waals surface area contributed by atoms with E-state index in [4.69, 9.17) is 9.26 Å². The van der Waals surface area contributed by atoms with E-state index in [2.05, 4.69) is 19.0 Å². The van der Waals surface area contributed by atoms with Crippen molar-refractivity contribution < 1.29 is 9.26 Å². The topological polar surface area (TPSA) is 35.3 Å². The fourth-order valence-corrected chi connectivity index (χ4v) is 2.41. The number of nitrogens with zero attached hydrogens (tertiary/aromatic N) is 1. The molecule has 3 nitrogen and oxygen atoms in total. The number of rotatable bonds is 3. The summed E-state index contributed by atoms with van der Waals surface area (Å²) >= 11 is 0. The molecular formula is C14H19NO2. The van der Waals surface area contributed by atoms with Crippen LogP contribution in [0, 0.1) is 0 Å². The van der Waals surface area contributed by atoms with Crippen LogP contribution in [-0.2, 0) is 4.74 Å². The largest absolute Gasteiger partial charge is 0.501 e. The van der Waals surface area contributed by atoms with Crippen LogP contribution in [0.15, 0.2) is 10.8 Å². The molecular weight excluding hydrogens is 214 g/mol. The lowest BCUT2D eigenvalue weighted by molar-refractivity contribution is 0.235. The van der Waals surface area contributed by atoms with E-state index in [9.17, 15) is 0 Å². The van der Waals surface area contributed by atoms with Gasteiger partial charge in [-0.2, -0.15) is 0 Å². The van der Waals surface area contributed by atoms with Gasteiger partial charge in [0, 0.05) is 11.5 Å². The first kappa shape index (κ1) is 10.9. The van der Waals surface area contributed by atoms with Crippen LogP contribution in [0.25, 0.3) is 5.57 Å². The first-order chi connectivity index (χ1) is 8.27. The summed E-state index contributed by atoms with van der Waals surface area (Å²) < 4.78 is 11.1. The van der Waals surface area contributed by atoms with Gasteiger partial charge in [0.1, 0.15) is 5.76 Å². The summed E-state index contributed by atoms with van der Waals surface area (Å²) in [5, 5.41) is 4.28. The van der Waals surface area contributed by atoms with Crippen molar-refractivity contribution in [3.63, 3.8) is 0 Å². The number of hydrogen-bond acceptors (Lipinski definition) is 3. The van der Waals surface area contributed by atoms with Crippen molar-refractivity contribution in [3.8, 4) is 0 Å². The van der Waals surface area contributed by atoms with E-state index in [-0.39, 0.29) is 0 Å². The summed E-state index contributed by atoms with van der Waals surface area (Å²) in [6, 6.07) is 0. The maximum Gasteiger partial charge on any atom is 0.147 e. The zero-order chi connectivity index (χ0) is 11.8. The van der Waals surface area contributed by atoms with E-state index in [0.29, 0.717) is 11.8 Å². The molecule has 92 valence electrons. The Morgan fingerprint density at radius 1 is 1.35 bits per heavy atom. The van der Waals surface area contributed by atoms with Crippen LogP contribution in [0.2, 0.25) is 0 Å². The van der Waals surface area contributed by atoms with Crippen LogP contribution in [0.5, 0.6) is 0 Å². The van der Waals surface area contributed by atoms with Crippen LogP contribution >= 0.6 is 0 Å². The van der Waals surface area contributed by atoms with Gasteiger partial charge in [0.2, 0.25) is 0 Å². The molecule has 1 aromatic heterocycles. The van der Waals surface area contributed by atoms with Crippen LogP contribution in [0.4, 0.5) is 0 Å². The molecule has 0 saturated heterocycles. The lowest BCUT2D eigenvalue weighted by atomic mass is 9.93. The Morgan fingerprint density at radius 3 is 2.76 bits per heavy atom. The second kappa shape index (κ2) is 4.21. The fourth-order valence-electron chi connectivity index (χ4n) is 2.41. The number of allylic oxidation sites excluding steroid dienone is 1. The van der Waals surface area contributed by atoms with E-state index >= 15 is 0 Å². The van der Waals surface area contributed by atoms with Gasteiger partial charge in [-0.05, 0) is 37.2 Å². The van der Waals surface area contributed by atoms with Crippen molar-refractivity contribution in [2.75, 3.05) is 6.61 Å². The Morgan fingerprint density at radius 2 is 2.18 bits per heavy atom. The molecule has 0 amide bonds. The predicted octanol–water partition coefficient (Wildman–Crippen LogP) is 3.83. The van der Waals surface area contributed by atoms with E-state index in [0.717, 1.165) is 30.9 Å². The van der Waals surface area contributed by atoms with E-state index in [1.165, 1.54) is 24.0 Å². The van der Waals surface area contributed by atoms with E-state index in [1.54, 1.807) is 0 Å². The summed E-state index contributed by atoms with van der Waals surface area (Å²) in [5.74, 6) is 2.11. The van der Waals surface area contributed by atoms with Gasteiger partial charge in [-0.25, -0.2) is 0 Å². The lowest BCUT2D eigenvalue weighted by Crippen LogP contribution is -2.02. The van der Waals surface area contributed by atoms with E-state index < -0.39 is 0 Å². The minimum Gasteiger partial charge on any atom is -0.501 e. The summed E-state index contributed by atoms with van der Waals surface area (Å²) in [7, 11) is 0. The van der Waals surface area contributed by atoms with Crippen LogP contribution in [0.3, 0.4) is 0 Å². The molecule has 1 aromatic rings. The second-order valence-corrected chi connectivity index (χ2v) is 5.35. The molecule has 3 rings (SSSR count). The summed E-state index contributed by atoms with van der Waals surface area (Å²) in [5.41, 5.74) is 3.63. The number of ether oxygens (including phenoxy) is 1. The predicted molar refractivity (Wildman–Crippen MR) is 65.7 cm³/mol. The van der Waals surface area contributed by atoms with Crippen molar-refractivity contribution in [1.29, 1.82) is 0 Å². The SMILES string of the molecule is CC(C)c1noc(C2CC2)c1C1=COCCC1. The Labute approximate surface area is 102 Å². The molecule has 0 aromatic carbocycles. The summed E-state index contributed by atoms with van der Waals surface area (Å²) in [4.78, 5) is 0. The van der Waals surface area contributed by atoms with Crippen molar-refractivity contribution >= 4 is 5.57 Å². The van der Waals surface area contributed by atoms with Crippen molar-refractivity contribution in [2.24, 2.45) is 0 Å². The third-order valence-electron chi connectivity index (χ3n) is 3.49. The monoisotopic (exact) mass is 233 g/mol. The molecule has 2 aliphatic rings. The van der Waals surface area contributed by atoms with Gasteiger partial charge in [-0.1, -0.05) is 19.0 Å². The van der Waals surface area contributed by atoms with Gasteiger partial charge >= 0.3 is 0 Å². The van der Waals surface area contributed by atoms with Crippen LogP contribution < -0.4 is 0 Å². The molecule has 0 spiro atoms. The highest BCUT2D eigenvalue weighted by Gasteiger charge is 2.34. The minimum atomic E-state index is 0.407. The van der Waals surface area contributed by atoms with Gasteiger partial charge in [0.15, 0.2) is 0 Å². The van der Waals surface area contributed by atoms with Crippen molar-refractivity contribution in [3.05, 3.63) is 23.3 Å². The van der Waals surface area contributed by atoms with Gasteiger partial charge in [-0.15, -0.1) is 0 Å². The molecule has 0 unspecified atom stereocenters. The quantitative estimate of drug-likeness (QED) is 0.796. The van der Waals surface area contributed by atoms with Crippen LogP contribution in [0.1, 0.15) is 68.4 Å². The first-order valence-corrected chi connectivity index (χ1v) is 6.58. The average Bonchev–Trinajstić information content (AvgIpc) is 3.08. The lowest BCUT2D eigenvalue weighted by Gasteiger charge is -2.15. The highest BCUT2D eigenvalue weighted by Crippen LogP contribution is 2.46. The van der Waals surface area contributed by atoms with Gasteiger partial charge in [0.05, 0.1) is 18.6 Å². The highest BCUT2D eigenvalue weighted by molar-refractivity contribution is 5.69. The molecule has 2 heterocycles. The van der Waals surface area contributed by atoms with Gasteiger partial charge in [-0.3, -0.25) is 0 Å². The molecule has 3 heteroatoms. The molecule has 0 N–H and O–H groups in total. The zero-order valence-corrected chi connectivity index (χ0v) is 10.5. The zero-order valence-electron chi connectivity index (χ0n) is 10.5. The molecule has 1 fully saturated rings. The molecule has 1 aliphatic carbocycles. The number of aromatic nitrogens is 1. The fraction of sp³-hybridized carbons (Fsp3) is 0.643. The van der Waals surface area contributed by atoms with E-state index in [1.807, 2.05) is 6.26 Å². The molecule has 0 radical (unpaired) electrons. The molecule has 1 saturated carbocycles. The Kier molecular flexibility index (Phi) is 2.69. The average molecular weight is 233 g/mol. The highest BCUT2D eigenvalue weighted by atomic mass is 16.5.